The Kier molecular flexibility index (Phi) is 3.68. The number of nitrogens with zero attached hydrogens (tertiary/aromatic N) is 2. The summed E-state index contributed by atoms with van der Waals surface area (Å²) in [5.41, 5.74) is 2.36. The number of para-hydroxylation sites is 1. The SMILES string of the molecule is O=C(Nc1c(-c2ccc(F)cc2)nc2sccn12)C1Cc2ccccc2O1. The Bertz CT molecular complexity index is 1120. The summed E-state index contributed by atoms with van der Waals surface area (Å²) in [5.74, 6) is 0.748. The van der Waals surface area contributed by atoms with E-state index in [1.807, 2.05) is 40.2 Å². The topological polar surface area (TPSA) is 55.6 Å². The summed E-state index contributed by atoms with van der Waals surface area (Å²) >= 11 is 1.46. The predicted molar refractivity (Wildman–Crippen MR) is 102 cm³/mol. The first-order valence-electron chi connectivity index (χ1n) is 8.46. The molecule has 3 heterocycles. The third kappa shape index (κ3) is 2.76. The molecule has 0 saturated carbocycles. The molecule has 0 bridgehead atoms. The van der Waals surface area contributed by atoms with Gasteiger partial charge in [-0.1, -0.05) is 18.2 Å². The van der Waals surface area contributed by atoms with Crippen molar-refractivity contribution in [3.05, 3.63) is 71.5 Å². The minimum atomic E-state index is -0.590. The maximum Gasteiger partial charge on any atom is 0.266 e. The van der Waals surface area contributed by atoms with Crippen LogP contribution in [0.15, 0.2) is 60.1 Å². The van der Waals surface area contributed by atoms with Gasteiger partial charge in [-0.15, -0.1) is 11.3 Å². The number of carbonyl (C=O) groups excluding carboxylic acids is 1. The van der Waals surface area contributed by atoms with E-state index in [0.717, 1.165) is 21.8 Å². The lowest BCUT2D eigenvalue weighted by Gasteiger charge is -2.12. The van der Waals surface area contributed by atoms with Crippen LogP contribution in [0.1, 0.15) is 5.56 Å². The number of nitrogens with one attached hydrogen (secondary N) is 1. The standard InChI is InChI=1S/C20H14FN3O2S/c21-14-7-5-12(6-8-14)17-18(24-9-10-27-20(24)22-17)23-19(25)16-11-13-3-1-2-4-15(13)26-16/h1-10,16H,11H2,(H,23,25). The lowest BCUT2D eigenvalue weighted by atomic mass is 10.1. The van der Waals surface area contributed by atoms with Crippen LogP contribution < -0.4 is 10.1 Å². The van der Waals surface area contributed by atoms with Gasteiger partial charge in [-0.25, -0.2) is 9.37 Å². The normalized spacial score (nSPS) is 15.5. The molecule has 1 aliphatic rings. The molecule has 5 rings (SSSR count). The second-order valence-electron chi connectivity index (χ2n) is 6.28. The molecule has 0 fully saturated rings. The van der Waals surface area contributed by atoms with E-state index in [1.165, 1.54) is 23.5 Å². The Morgan fingerprint density at radius 3 is 2.85 bits per heavy atom. The van der Waals surface area contributed by atoms with E-state index in [2.05, 4.69) is 10.3 Å². The molecule has 134 valence electrons. The van der Waals surface area contributed by atoms with E-state index in [-0.39, 0.29) is 11.7 Å². The number of fused-ring (bicyclic) bond motifs is 2. The number of imidazole rings is 1. The fourth-order valence-corrected chi connectivity index (χ4v) is 3.95. The van der Waals surface area contributed by atoms with Gasteiger partial charge in [-0.05, 0) is 35.9 Å². The number of hydrogen-bond acceptors (Lipinski definition) is 4. The van der Waals surface area contributed by atoms with Crippen LogP contribution in [0.5, 0.6) is 5.75 Å². The molecule has 1 aliphatic heterocycles. The van der Waals surface area contributed by atoms with Crippen molar-refractivity contribution in [1.29, 1.82) is 0 Å². The quantitative estimate of drug-likeness (QED) is 0.582. The summed E-state index contributed by atoms with van der Waals surface area (Å²) in [7, 11) is 0. The maximum atomic E-state index is 13.3. The van der Waals surface area contributed by atoms with Gasteiger partial charge in [0.25, 0.3) is 5.91 Å². The van der Waals surface area contributed by atoms with E-state index >= 15 is 0 Å². The molecule has 1 N–H and O–H groups in total. The summed E-state index contributed by atoms with van der Waals surface area (Å²) in [6, 6.07) is 13.7. The molecule has 0 spiro atoms. The molecular weight excluding hydrogens is 365 g/mol. The highest BCUT2D eigenvalue weighted by Crippen LogP contribution is 2.33. The molecule has 1 amide bonds. The summed E-state index contributed by atoms with van der Waals surface area (Å²) in [6.45, 7) is 0. The zero-order valence-electron chi connectivity index (χ0n) is 14.1. The Labute approximate surface area is 158 Å². The second kappa shape index (κ2) is 6.21. The summed E-state index contributed by atoms with van der Waals surface area (Å²) < 4.78 is 20.9. The number of rotatable bonds is 3. The van der Waals surface area contributed by atoms with Crippen LogP contribution in [-0.4, -0.2) is 21.4 Å². The summed E-state index contributed by atoms with van der Waals surface area (Å²) in [5, 5.41) is 4.86. The number of halogens is 1. The molecule has 5 nitrogen and oxygen atoms in total. The Balaban J connectivity index is 1.48. The van der Waals surface area contributed by atoms with Gasteiger partial charge >= 0.3 is 0 Å². The van der Waals surface area contributed by atoms with Crippen LogP contribution in [-0.2, 0) is 11.2 Å². The zero-order valence-corrected chi connectivity index (χ0v) is 14.9. The van der Waals surface area contributed by atoms with Crippen LogP contribution in [0.3, 0.4) is 0 Å². The Hall–Kier alpha value is -3.19. The molecule has 0 saturated heterocycles. The molecule has 1 atom stereocenters. The van der Waals surface area contributed by atoms with Crippen molar-refractivity contribution in [3.8, 4) is 17.0 Å². The third-order valence-corrected chi connectivity index (χ3v) is 5.32. The van der Waals surface area contributed by atoms with Gasteiger partial charge in [0.05, 0.1) is 0 Å². The Morgan fingerprint density at radius 1 is 1.22 bits per heavy atom. The minimum absolute atomic E-state index is 0.234. The smallest absolute Gasteiger partial charge is 0.266 e. The third-order valence-electron chi connectivity index (χ3n) is 4.56. The van der Waals surface area contributed by atoms with Gasteiger partial charge in [-0.3, -0.25) is 9.20 Å². The first-order valence-corrected chi connectivity index (χ1v) is 9.34. The molecule has 2 aromatic carbocycles. The van der Waals surface area contributed by atoms with Gasteiger partial charge < -0.3 is 10.1 Å². The number of amides is 1. The fourth-order valence-electron chi connectivity index (χ4n) is 3.24. The van der Waals surface area contributed by atoms with E-state index in [0.29, 0.717) is 17.9 Å². The summed E-state index contributed by atoms with van der Waals surface area (Å²) in [6.07, 6.45) is 1.78. The van der Waals surface area contributed by atoms with Crippen molar-refractivity contribution in [2.24, 2.45) is 0 Å². The largest absolute Gasteiger partial charge is 0.480 e. The number of ether oxygens (including phenoxy) is 1. The maximum absolute atomic E-state index is 13.3. The van der Waals surface area contributed by atoms with Crippen molar-refractivity contribution in [2.75, 3.05) is 5.32 Å². The first-order chi connectivity index (χ1) is 13.2. The molecule has 0 aliphatic carbocycles. The number of carbonyl (C=O) groups is 1. The number of benzene rings is 2. The molecular formula is C20H14FN3O2S. The number of aromatic nitrogens is 2. The fraction of sp³-hybridized carbons (Fsp3) is 0.100. The van der Waals surface area contributed by atoms with Crippen LogP contribution >= 0.6 is 11.3 Å². The van der Waals surface area contributed by atoms with Crippen molar-refractivity contribution in [2.45, 2.75) is 12.5 Å². The number of anilines is 1. The van der Waals surface area contributed by atoms with Crippen molar-refractivity contribution >= 4 is 28.0 Å². The van der Waals surface area contributed by atoms with Gasteiger partial charge in [0.15, 0.2) is 11.1 Å². The number of hydrogen-bond donors (Lipinski definition) is 1. The van der Waals surface area contributed by atoms with Gasteiger partial charge in [0, 0.05) is 23.6 Å². The molecule has 27 heavy (non-hydrogen) atoms. The molecule has 0 radical (unpaired) electrons. The van der Waals surface area contributed by atoms with E-state index in [9.17, 15) is 9.18 Å². The second-order valence-corrected chi connectivity index (χ2v) is 7.15. The van der Waals surface area contributed by atoms with Crippen LogP contribution in [0.25, 0.3) is 16.2 Å². The molecule has 4 aromatic rings. The van der Waals surface area contributed by atoms with Crippen LogP contribution in [0, 0.1) is 5.82 Å². The molecule has 1 unspecified atom stereocenters. The van der Waals surface area contributed by atoms with Crippen molar-refractivity contribution < 1.29 is 13.9 Å². The first kappa shape index (κ1) is 16.0. The highest BCUT2D eigenvalue weighted by molar-refractivity contribution is 7.15. The Morgan fingerprint density at radius 2 is 2.04 bits per heavy atom. The highest BCUT2D eigenvalue weighted by Gasteiger charge is 2.30. The lowest BCUT2D eigenvalue weighted by molar-refractivity contribution is -0.122. The highest BCUT2D eigenvalue weighted by atomic mass is 32.1. The lowest BCUT2D eigenvalue weighted by Crippen LogP contribution is -2.32. The predicted octanol–water partition coefficient (Wildman–Crippen LogP) is 4.14. The van der Waals surface area contributed by atoms with Crippen LogP contribution in [0.2, 0.25) is 0 Å². The molecule has 2 aromatic heterocycles. The minimum Gasteiger partial charge on any atom is -0.480 e. The van der Waals surface area contributed by atoms with E-state index in [1.54, 1.807) is 12.1 Å². The van der Waals surface area contributed by atoms with Gasteiger partial charge in [0.2, 0.25) is 0 Å². The van der Waals surface area contributed by atoms with Crippen molar-refractivity contribution in [1.82, 2.24) is 9.38 Å². The van der Waals surface area contributed by atoms with Gasteiger partial charge in [0.1, 0.15) is 23.1 Å². The van der Waals surface area contributed by atoms with E-state index in [4.69, 9.17) is 4.74 Å². The average molecular weight is 379 g/mol. The van der Waals surface area contributed by atoms with Gasteiger partial charge in [-0.2, -0.15) is 0 Å². The molecule has 7 heteroatoms. The van der Waals surface area contributed by atoms with Crippen molar-refractivity contribution in [3.63, 3.8) is 0 Å². The summed E-state index contributed by atoms with van der Waals surface area (Å²) in [4.78, 5) is 18.2. The average Bonchev–Trinajstić information content (AvgIpc) is 3.37. The van der Waals surface area contributed by atoms with Crippen LogP contribution in [0.4, 0.5) is 10.2 Å². The monoisotopic (exact) mass is 379 g/mol. The zero-order chi connectivity index (χ0) is 18.4. The van der Waals surface area contributed by atoms with E-state index < -0.39 is 6.10 Å². The number of thiazole rings is 1.